The van der Waals surface area contributed by atoms with E-state index in [1.165, 1.54) is 6.07 Å². The highest BCUT2D eigenvalue weighted by molar-refractivity contribution is 5.94. The monoisotopic (exact) mass is 255 g/mol. The Hall–Kier alpha value is -2.16. The quantitative estimate of drug-likeness (QED) is 0.880. The molecule has 0 bridgehead atoms. The van der Waals surface area contributed by atoms with Crippen LogP contribution in [0.15, 0.2) is 42.5 Å². The van der Waals surface area contributed by atoms with Gasteiger partial charge in [0, 0.05) is 11.5 Å². The second kappa shape index (κ2) is 4.50. The first-order chi connectivity index (χ1) is 9.16. The summed E-state index contributed by atoms with van der Waals surface area (Å²) in [5.74, 6) is -0.479. The van der Waals surface area contributed by atoms with E-state index in [0.717, 1.165) is 29.5 Å². The number of fused-ring (bicyclic) bond motifs is 1. The van der Waals surface area contributed by atoms with E-state index >= 15 is 0 Å². The Balaban J connectivity index is 2.09. The Kier molecular flexibility index (Phi) is 2.82. The molecule has 1 amide bonds. The molecule has 1 atom stereocenters. The van der Waals surface area contributed by atoms with Crippen LogP contribution in [0, 0.1) is 5.82 Å². The summed E-state index contributed by atoms with van der Waals surface area (Å²) in [6.45, 7) is 0. The van der Waals surface area contributed by atoms with Crippen LogP contribution < -0.4 is 5.73 Å². The fourth-order valence-electron chi connectivity index (χ4n) is 2.93. The number of benzene rings is 2. The van der Waals surface area contributed by atoms with Gasteiger partial charge in [-0.2, -0.15) is 0 Å². The maximum absolute atomic E-state index is 13.2. The normalized spacial score (nSPS) is 17.2. The summed E-state index contributed by atoms with van der Waals surface area (Å²) >= 11 is 0. The van der Waals surface area contributed by atoms with Gasteiger partial charge in [0.2, 0.25) is 5.91 Å². The van der Waals surface area contributed by atoms with Crippen LogP contribution in [0.4, 0.5) is 4.39 Å². The first-order valence-corrected chi connectivity index (χ1v) is 6.34. The lowest BCUT2D eigenvalue weighted by Gasteiger charge is -2.15. The first kappa shape index (κ1) is 11.9. The SMILES string of the molecule is NC(=O)c1ccccc1[C@@H]1CCc2cc(F)ccc21. The second-order valence-corrected chi connectivity index (χ2v) is 4.89. The van der Waals surface area contributed by atoms with Crippen LogP contribution in [0.25, 0.3) is 0 Å². The minimum absolute atomic E-state index is 0.138. The molecule has 0 radical (unpaired) electrons. The number of nitrogens with two attached hydrogens (primary N) is 1. The molecule has 2 N–H and O–H groups in total. The topological polar surface area (TPSA) is 43.1 Å². The summed E-state index contributed by atoms with van der Waals surface area (Å²) in [4.78, 5) is 11.5. The van der Waals surface area contributed by atoms with Crippen molar-refractivity contribution in [3.8, 4) is 0 Å². The van der Waals surface area contributed by atoms with Gasteiger partial charge in [-0.25, -0.2) is 4.39 Å². The molecule has 0 aromatic heterocycles. The van der Waals surface area contributed by atoms with Crippen molar-refractivity contribution in [2.75, 3.05) is 0 Å². The Morgan fingerprint density at radius 3 is 2.74 bits per heavy atom. The molecule has 2 nitrogen and oxygen atoms in total. The minimum atomic E-state index is -0.411. The molecule has 0 spiro atoms. The van der Waals surface area contributed by atoms with E-state index in [-0.39, 0.29) is 11.7 Å². The Morgan fingerprint density at radius 2 is 1.95 bits per heavy atom. The summed E-state index contributed by atoms with van der Waals surface area (Å²) in [5, 5.41) is 0. The molecule has 0 saturated carbocycles. The van der Waals surface area contributed by atoms with Gasteiger partial charge < -0.3 is 5.73 Å². The van der Waals surface area contributed by atoms with Gasteiger partial charge in [-0.05, 0) is 47.7 Å². The fraction of sp³-hybridized carbons (Fsp3) is 0.188. The van der Waals surface area contributed by atoms with Gasteiger partial charge in [0.1, 0.15) is 5.82 Å². The molecule has 2 aromatic carbocycles. The molecule has 0 saturated heterocycles. The van der Waals surface area contributed by atoms with E-state index in [0.29, 0.717) is 5.56 Å². The van der Waals surface area contributed by atoms with E-state index < -0.39 is 5.91 Å². The zero-order chi connectivity index (χ0) is 13.4. The highest BCUT2D eigenvalue weighted by Crippen LogP contribution is 2.39. The number of carbonyl (C=O) groups is 1. The van der Waals surface area contributed by atoms with Gasteiger partial charge in [-0.15, -0.1) is 0 Å². The summed E-state index contributed by atoms with van der Waals surface area (Å²) in [5.41, 5.74) is 9.07. The molecule has 0 unspecified atom stereocenters. The molecule has 0 aliphatic heterocycles. The van der Waals surface area contributed by atoms with Crippen LogP contribution in [0.2, 0.25) is 0 Å². The number of aryl methyl sites for hydroxylation is 1. The third-order valence-corrected chi connectivity index (χ3v) is 3.78. The van der Waals surface area contributed by atoms with Gasteiger partial charge in [0.25, 0.3) is 0 Å². The van der Waals surface area contributed by atoms with Crippen molar-refractivity contribution >= 4 is 5.91 Å². The third-order valence-electron chi connectivity index (χ3n) is 3.78. The van der Waals surface area contributed by atoms with Crippen LogP contribution in [0.5, 0.6) is 0 Å². The average Bonchev–Trinajstić information content (AvgIpc) is 2.81. The van der Waals surface area contributed by atoms with E-state index in [4.69, 9.17) is 5.73 Å². The molecule has 96 valence electrons. The maximum Gasteiger partial charge on any atom is 0.248 e. The highest BCUT2D eigenvalue weighted by Gasteiger charge is 2.26. The van der Waals surface area contributed by atoms with Crippen molar-refractivity contribution in [2.24, 2.45) is 5.73 Å². The number of carbonyl (C=O) groups excluding carboxylic acids is 1. The van der Waals surface area contributed by atoms with Gasteiger partial charge in [-0.3, -0.25) is 4.79 Å². The van der Waals surface area contributed by atoms with Gasteiger partial charge >= 0.3 is 0 Å². The second-order valence-electron chi connectivity index (χ2n) is 4.89. The van der Waals surface area contributed by atoms with Crippen molar-refractivity contribution in [2.45, 2.75) is 18.8 Å². The van der Waals surface area contributed by atoms with Crippen LogP contribution in [0.3, 0.4) is 0 Å². The zero-order valence-electron chi connectivity index (χ0n) is 10.4. The number of primary amides is 1. The standard InChI is InChI=1S/C16H14FNO/c17-11-6-8-12-10(9-11)5-7-14(12)13-3-1-2-4-15(13)16(18)19/h1-4,6,8-9,14H,5,7H2,(H2,18,19)/t14-/m1/s1. The first-order valence-electron chi connectivity index (χ1n) is 6.34. The summed E-state index contributed by atoms with van der Waals surface area (Å²) in [6.07, 6.45) is 1.73. The number of amides is 1. The van der Waals surface area contributed by atoms with Crippen LogP contribution in [-0.4, -0.2) is 5.91 Å². The van der Waals surface area contributed by atoms with Crippen LogP contribution in [-0.2, 0) is 6.42 Å². The lowest BCUT2D eigenvalue weighted by Crippen LogP contribution is -2.15. The molecule has 2 aromatic rings. The lowest BCUT2D eigenvalue weighted by atomic mass is 9.89. The maximum atomic E-state index is 13.2. The summed E-state index contributed by atoms with van der Waals surface area (Å²) in [7, 11) is 0. The predicted molar refractivity (Wildman–Crippen MR) is 71.5 cm³/mol. The number of hydrogen-bond acceptors (Lipinski definition) is 1. The molecular formula is C16H14FNO. The van der Waals surface area contributed by atoms with E-state index in [1.807, 2.05) is 24.3 Å². The summed E-state index contributed by atoms with van der Waals surface area (Å²) in [6, 6.07) is 12.3. The van der Waals surface area contributed by atoms with Crippen LogP contribution in [0.1, 0.15) is 39.4 Å². The number of rotatable bonds is 2. The van der Waals surface area contributed by atoms with Crippen LogP contribution >= 0.6 is 0 Å². The highest BCUT2D eigenvalue weighted by atomic mass is 19.1. The molecule has 0 heterocycles. The number of halogens is 1. The zero-order valence-corrected chi connectivity index (χ0v) is 10.4. The molecular weight excluding hydrogens is 241 g/mol. The van der Waals surface area contributed by atoms with Crippen molar-refractivity contribution in [3.05, 3.63) is 70.5 Å². The Bertz CT molecular complexity index is 651. The Morgan fingerprint density at radius 1 is 1.16 bits per heavy atom. The van der Waals surface area contributed by atoms with Crippen molar-refractivity contribution < 1.29 is 9.18 Å². The summed E-state index contributed by atoms with van der Waals surface area (Å²) < 4.78 is 13.2. The van der Waals surface area contributed by atoms with E-state index in [9.17, 15) is 9.18 Å². The average molecular weight is 255 g/mol. The van der Waals surface area contributed by atoms with Gasteiger partial charge in [-0.1, -0.05) is 24.3 Å². The molecule has 3 rings (SSSR count). The van der Waals surface area contributed by atoms with Crippen molar-refractivity contribution in [1.29, 1.82) is 0 Å². The molecule has 0 fully saturated rings. The largest absolute Gasteiger partial charge is 0.366 e. The molecule has 19 heavy (non-hydrogen) atoms. The minimum Gasteiger partial charge on any atom is -0.366 e. The van der Waals surface area contributed by atoms with Gasteiger partial charge in [0.15, 0.2) is 0 Å². The van der Waals surface area contributed by atoms with Crippen molar-refractivity contribution in [1.82, 2.24) is 0 Å². The van der Waals surface area contributed by atoms with E-state index in [1.54, 1.807) is 12.1 Å². The van der Waals surface area contributed by atoms with E-state index in [2.05, 4.69) is 0 Å². The lowest BCUT2D eigenvalue weighted by molar-refractivity contribution is 0.0999. The van der Waals surface area contributed by atoms with Crippen molar-refractivity contribution in [3.63, 3.8) is 0 Å². The molecule has 1 aliphatic carbocycles. The third kappa shape index (κ3) is 2.01. The fourth-order valence-corrected chi connectivity index (χ4v) is 2.93. The molecule has 1 aliphatic rings. The van der Waals surface area contributed by atoms with Gasteiger partial charge in [0.05, 0.1) is 0 Å². The Labute approximate surface area is 111 Å². The number of hydrogen-bond donors (Lipinski definition) is 1. The predicted octanol–water partition coefficient (Wildman–Crippen LogP) is 3.00. The molecule has 3 heteroatoms. The smallest absolute Gasteiger partial charge is 0.248 e.